The van der Waals surface area contributed by atoms with Crippen LogP contribution in [0.3, 0.4) is 0 Å². The lowest BCUT2D eigenvalue weighted by atomic mass is 10.0. The van der Waals surface area contributed by atoms with Gasteiger partial charge < -0.3 is 52.2 Å². The highest BCUT2D eigenvalue weighted by molar-refractivity contribution is 7.53. The van der Waals surface area contributed by atoms with E-state index in [1.54, 1.807) is 61.0 Å². The highest BCUT2D eigenvalue weighted by atomic mass is 31.2. The molecule has 418 valence electrons. The zero-order chi connectivity index (χ0) is 52.8. The first-order valence-electron chi connectivity index (χ1n) is 25.6. The van der Waals surface area contributed by atoms with E-state index in [4.69, 9.17) is 42.4 Å². The smallest absolute Gasteiger partial charge is 0.330 e. The van der Waals surface area contributed by atoms with E-state index >= 15 is 4.79 Å². The van der Waals surface area contributed by atoms with Crippen LogP contribution in [-0.4, -0.2) is 231 Å². The van der Waals surface area contributed by atoms with E-state index in [2.05, 4.69) is 51.0 Å². The first kappa shape index (κ1) is 60.6. The van der Waals surface area contributed by atoms with Gasteiger partial charge in [-0.15, -0.1) is 20.4 Å². The molecule has 1 fully saturated rings. The Hall–Kier alpha value is -4.22. The van der Waals surface area contributed by atoms with E-state index in [0.717, 1.165) is 17.8 Å². The van der Waals surface area contributed by atoms with Crippen molar-refractivity contribution in [2.75, 3.05) is 127 Å². The number of carbonyl (C=O) groups is 1. The molecule has 2 unspecified atom stereocenters. The third-order valence-corrected chi connectivity index (χ3v) is 14.0. The number of ether oxygens (including phenoxy) is 8. The average molecular weight is 1070 g/mol. The summed E-state index contributed by atoms with van der Waals surface area (Å²) in [6, 6.07) is -0.609. The van der Waals surface area contributed by atoms with Crippen molar-refractivity contribution in [1.82, 2.24) is 74.7 Å². The van der Waals surface area contributed by atoms with Crippen molar-refractivity contribution >= 4 is 13.5 Å². The Labute approximate surface area is 434 Å². The van der Waals surface area contributed by atoms with Gasteiger partial charge in [0.2, 0.25) is 5.91 Å². The molecule has 27 nitrogen and oxygen atoms in total. The van der Waals surface area contributed by atoms with Crippen LogP contribution in [0, 0.1) is 0 Å². The summed E-state index contributed by atoms with van der Waals surface area (Å²) in [5.41, 5.74) is 2.40. The van der Waals surface area contributed by atoms with Crippen LogP contribution in [-0.2, 0) is 104 Å². The molecule has 4 aromatic heterocycles. The number of amides is 1. The summed E-state index contributed by atoms with van der Waals surface area (Å²) in [7, 11) is 2.74. The van der Waals surface area contributed by atoms with E-state index in [9.17, 15) is 9.46 Å². The number of piperidine rings is 1. The van der Waals surface area contributed by atoms with Crippen molar-refractivity contribution in [2.24, 2.45) is 0 Å². The molecule has 0 spiro atoms. The van der Waals surface area contributed by atoms with Crippen molar-refractivity contribution in [3.8, 4) is 0 Å². The van der Waals surface area contributed by atoms with Crippen LogP contribution in [0.25, 0.3) is 0 Å². The third kappa shape index (κ3) is 22.5. The van der Waals surface area contributed by atoms with Crippen LogP contribution in [0.5, 0.6) is 0 Å². The van der Waals surface area contributed by atoms with Crippen molar-refractivity contribution in [1.29, 1.82) is 0 Å². The van der Waals surface area contributed by atoms with Crippen LogP contribution in [0.2, 0.25) is 0 Å². The van der Waals surface area contributed by atoms with E-state index < -0.39 is 25.4 Å². The Balaban J connectivity index is 1.35. The van der Waals surface area contributed by atoms with Crippen molar-refractivity contribution in [3.05, 3.63) is 47.6 Å². The maximum Gasteiger partial charge on any atom is 0.330 e. The second kappa shape index (κ2) is 34.4. The topological polar surface area (TPSA) is 270 Å². The van der Waals surface area contributed by atoms with Gasteiger partial charge in [0.15, 0.2) is 0 Å². The van der Waals surface area contributed by atoms with Crippen LogP contribution < -0.4 is 0 Å². The van der Waals surface area contributed by atoms with Gasteiger partial charge in [-0.25, -0.2) is 18.7 Å². The number of methoxy groups -OCH3 is 4. The summed E-state index contributed by atoms with van der Waals surface area (Å²) in [5.74, 6) is -0.0557. The molecular formula is C46H82N15O12P. The molecule has 0 aromatic carbocycles. The van der Waals surface area contributed by atoms with Crippen LogP contribution in [0.15, 0.2) is 24.8 Å². The minimum atomic E-state index is -3.80. The second-order valence-corrected chi connectivity index (χ2v) is 20.6. The summed E-state index contributed by atoms with van der Waals surface area (Å²) in [6.07, 6.45) is 9.95. The highest BCUT2D eigenvalue weighted by Crippen LogP contribution is 2.49. The third-order valence-electron chi connectivity index (χ3n) is 12.1. The van der Waals surface area contributed by atoms with E-state index in [1.165, 1.54) is 0 Å². The first-order valence-corrected chi connectivity index (χ1v) is 27.2. The summed E-state index contributed by atoms with van der Waals surface area (Å²) in [4.78, 5) is 31.8. The monoisotopic (exact) mass is 1070 g/mol. The van der Waals surface area contributed by atoms with Crippen molar-refractivity contribution in [2.45, 2.75) is 116 Å². The van der Waals surface area contributed by atoms with Crippen LogP contribution in [0.1, 0.15) is 68.7 Å². The number of hydrogen-bond donors (Lipinski definition) is 1. The molecule has 1 aliphatic rings. The molecule has 0 radical (unpaired) electrons. The van der Waals surface area contributed by atoms with E-state index in [1.807, 2.05) is 29.7 Å². The molecule has 1 N–H and O–H groups in total. The van der Waals surface area contributed by atoms with E-state index in [0.29, 0.717) is 188 Å². The number of unbranched alkanes of at least 4 members (excludes halogenated alkanes) is 1. The predicted molar refractivity (Wildman–Crippen MR) is 268 cm³/mol. The van der Waals surface area contributed by atoms with Gasteiger partial charge in [-0.3, -0.25) is 19.2 Å². The Morgan fingerprint density at radius 2 is 0.973 bits per heavy atom. The summed E-state index contributed by atoms with van der Waals surface area (Å²) in [6.45, 7) is 14.2. The quantitative estimate of drug-likeness (QED) is 0.0487. The molecule has 1 aliphatic heterocycles. The van der Waals surface area contributed by atoms with Crippen molar-refractivity contribution < 1.29 is 56.7 Å². The fourth-order valence-electron chi connectivity index (χ4n) is 7.92. The molecule has 74 heavy (non-hydrogen) atoms. The fourth-order valence-corrected chi connectivity index (χ4v) is 8.80. The molecule has 5 rings (SSSR count). The lowest BCUT2D eigenvalue weighted by molar-refractivity contribution is -0.139. The Morgan fingerprint density at radius 1 is 0.595 bits per heavy atom. The molecule has 28 heteroatoms. The fraction of sp³-hybridized carbons (Fsp3) is 0.804. The Bertz CT molecular complexity index is 2040. The molecule has 5 heterocycles. The number of hydrogen-bond acceptors (Lipinski definition) is 21. The normalized spacial score (nSPS) is 14.8. The summed E-state index contributed by atoms with van der Waals surface area (Å²) >= 11 is 0. The van der Waals surface area contributed by atoms with Gasteiger partial charge in [-0.2, -0.15) is 0 Å². The van der Waals surface area contributed by atoms with Gasteiger partial charge in [0.25, 0.3) is 0 Å². The van der Waals surface area contributed by atoms with Gasteiger partial charge in [0.1, 0.15) is 0 Å². The SMILES string of the molecule is COCCOCCn1cc(CN(CCCCC(C(=O)N2CCC(OP(=O)(O)C(C)C)CC2)N(Cc2cn(CCOCCOC)nn2)Cc2cn(CCOCCOC)nn2)Cc2cn(CCOCCOC)nn2)nn1. The summed E-state index contributed by atoms with van der Waals surface area (Å²) in [5, 5.41) is 35.5. The number of carbonyl (C=O) groups excluding carboxylic acids is 1. The summed E-state index contributed by atoms with van der Waals surface area (Å²) < 4.78 is 68.7. The molecule has 0 aliphatic carbocycles. The molecule has 0 saturated carbocycles. The van der Waals surface area contributed by atoms with Crippen LogP contribution in [0.4, 0.5) is 0 Å². The Morgan fingerprint density at radius 3 is 1.34 bits per heavy atom. The maximum atomic E-state index is 15.1. The molecular weight excluding hydrogens is 986 g/mol. The van der Waals surface area contributed by atoms with Gasteiger partial charge >= 0.3 is 7.60 Å². The van der Waals surface area contributed by atoms with Gasteiger partial charge in [-0.05, 0) is 32.2 Å². The first-order chi connectivity index (χ1) is 36.0. The highest BCUT2D eigenvalue weighted by Gasteiger charge is 2.36. The lowest BCUT2D eigenvalue weighted by Crippen LogP contribution is -2.51. The zero-order valence-electron chi connectivity index (χ0n) is 44.4. The molecule has 1 saturated heterocycles. The second-order valence-electron chi connectivity index (χ2n) is 18.2. The number of nitrogens with zero attached hydrogens (tertiary/aromatic N) is 15. The molecule has 1 amide bonds. The number of likely N-dealkylation sites (tertiary alicyclic amines) is 1. The van der Waals surface area contributed by atoms with Crippen LogP contribution >= 0.6 is 7.60 Å². The van der Waals surface area contributed by atoms with Gasteiger partial charge in [0.05, 0.1) is 146 Å². The predicted octanol–water partition coefficient (Wildman–Crippen LogP) is 1.55. The van der Waals surface area contributed by atoms with Crippen molar-refractivity contribution in [3.63, 3.8) is 0 Å². The molecule has 2 atom stereocenters. The minimum absolute atomic E-state index is 0.0557. The standard InChI is InChI=1S/C46H82N15O12P/c1-39(2)74(63,64)73-44-10-13-56(14-11-44)46(62)45(57(33-42-37-60(53-49-42)17-21-71-29-25-67-5)34-43-38-61(54-50-43)18-22-72-30-26-68-6)9-7-8-12-55(31-40-35-58(51-47-40)15-19-69-27-23-65-3)32-41-36-59(52-48-41)16-20-70-28-24-66-4/h35-39,44-45H,7-34H2,1-6H3,(H,63,64). The number of rotatable bonds is 42. The average Bonchev–Trinajstić information content (AvgIpc) is 4.23. The largest absolute Gasteiger partial charge is 0.382 e. The zero-order valence-corrected chi connectivity index (χ0v) is 45.3. The van der Waals surface area contributed by atoms with E-state index in [-0.39, 0.29) is 5.91 Å². The lowest BCUT2D eigenvalue weighted by Gasteiger charge is -2.38. The number of aromatic nitrogens is 12. The molecule has 4 aromatic rings. The Kier molecular flexibility index (Phi) is 28.2. The molecule has 0 bridgehead atoms. The van der Waals surface area contributed by atoms with Gasteiger partial charge in [0, 0.05) is 92.5 Å². The van der Waals surface area contributed by atoms with Gasteiger partial charge in [-0.1, -0.05) is 41.1 Å². The maximum absolute atomic E-state index is 15.1. The minimum Gasteiger partial charge on any atom is -0.382 e.